The minimum Gasteiger partial charge on any atom is -0.490 e. The van der Waals surface area contributed by atoms with Crippen molar-refractivity contribution in [1.82, 2.24) is 0 Å². The Kier molecular flexibility index (Phi) is 7.28. The van der Waals surface area contributed by atoms with Gasteiger partial charge in [0.05, 0.1) is 6.61 Å². The number of cyclic esters (lactones) is 1. The van der Waals surface area contributed by atoms with Crippen molar-refractivity contribution in [2.75, 3.05) is 19.8 Å². The Morgan fingerprint density at radius 1 is 0.853 bits per heavy atom. The first-order chi connectivity index (χ1) is 16.5. The summed E-state index contributed by atoms with van der Waals surface area (Å²) in [6.07, 6.45) is 1.67. The first-order valence-corrected chi connectivity index (χ1v) is 11.2. The van der Waals surface area contributed by atoms with Gasteiger partial charge in [-0.1, -0.05) is 30.3 Å². The first kappa shape index (κ1) is 23.1. The van der Waals surface area contributed by atoms with Crippen molar-refractivity contribution >= 4 is 17.9 Å². The lowest BCUT2D eigenvalue weighted by Crippen LogP contribution is -2.10. The number of rotatable bonds is 9. The zero-order valence-electron chi connectivity index (χ0n) is 19.5. The molecule has 3 aromatic rings. The molecule has 1 aliphatic heterocycles. The number of hydrogen-bond acceptors (Lipinski definition) is 6. The van der Waals surface area contributed by atoms with Crippen molar-refractivity contribution < 1.29 is 23.7 Å². The van der Waals surface area contributed by atoms with Crippen molar-refractivity contribution in [3.8, 4) is 17.2 Å². The molecule has 0 amide bonds. The molecule has 1 heterocycles. The molecule has 0 bridgehead atoms. The van der Waals surface area contributed by atoms with Crippen molar-refractivity contribution in [3.63, 3.8) is 0 Å². The quantitative estimate of drug-likeness (QED) is 0.241. The second-order valence-electron chi connectivity index (χ2n) is 7.86. The van der Waals surface area contributed by atoms with Crippen LogP contribution in [0, 0.1) is 13.8 Å². The number of nitrogens with zero attached hydrogens (tertiary/aromatic N) is 1. The lowest BCUT2D eigenvalue weighted by atomic mass is 10.1. The third-order valence-electron chi connectivity index (χ3n) is 5.02. The van der Waals surface area contributed by atoms with Crippen LogP contribution in [0.2, 0.25) is 0 Å². The lowest BCUT2D eigenvalue weighted by Gasteiger charge is -2.13. The predicted octanol–water partition coefficient (Wildman–Crippen LogP) is 5.50. The highest BCUT2D eigenvalue weighted by Gasteiger charge is 2.24. The molecule has 0 saturated heterocycles. The van der Waals surface area contributed by atoms with E-state index in [0.29, 0.717) is 37.2 Å². The van der Waals surface area contributed by atoms with Gasteiger partial charge < -0.3 is 18.9 Å². The highest BCUT2D eigenvalue weighted by atomic mass is 16.6. The smallest absolute Gasteiger partial charge is 0.363 e. The molecule has 3 aromatic carbocycles. The monoisotopic (exact) mass is 457 g/mol. The molecule has 0 aliphatic carbocycles. The van der Waals surface area contributed by atoms with E-state index in [-0.39, 0.29) is 5.70 Å². The van der Waals surface area contributed by atoms with Crippen molar-refractivity contribution in [2.24, 2.45) is 4.99 Å². The van der Waals surface area contributed by atoms with E-state index in [2.05, 4.69) is 11.1 Å². The second-order valence-corrected chi connectivity index (χ2v) is 7.86. The Balaban J connectivity index is 1.44. The van der Waals surface area contributed by atoms with Gasteiger partial charge in [-0.05, 0) is 79.9 Å². The third-order valence-corrected chi connectivity index (χ3v) is 5.02. The van der Waals surface area contributed by atoms with Crippen molar-refractivity contribution in [2.45, 2.75) is 20.8 Å². The van der Waals surface area contributed by atoms with Gasteiger partial charge in [-0.25, -0.2) is 9.79 Å². The second kappa shape index (κ2) is 10.7. The van der Waals surface area contributed by atoms with Gasteiger partial charge in [0.25, 0.3) is 0 Å². The number of aliphatic imine (C=N–C) groups is 1. The molecular formula is C28H27NO5. The summed E-state index contributed by atoms with van der Waals surface area (Å²) in [5.41, 5.74) is 4.06. The van der Waals surface area contributed by atoms with Crippen LogP contribution in [-0.2, 0) is 9.53 Å². The standard InChI is InChI=1S/C28H27NO5/c1-4-31-26-18-21(17-24-28(30)34-27(29-24)22-8-6-5-7-9-22)10-11-25(26)33-13-12-32-23-15-19(2)14-20(3)16-23/h5-11,14-18H,4,12-13H2,1-3H3/b24-17-. The van der Waals surface area contributed by atoms with E-state index in [4.69, 9.17) is 18.9 Å². The van der Waals surface area contributed by atoms with E-state index in [1.807, 2.05) is 81.4 Å². The van der Waals surface area contributed by atoms with Gasteiger partial charge >= 0.3 is 5.97 Å². The molecule has 6 heteroatoms. The fourth-order valence-corrected chi connectivity index (χ4v) is 3.60. The highest BCUT2D eigenvalue weighted by Crippen LogP contribution is 2.30. The lowest BCUT2D eigenvalue weighted by molar-refractivity contribution is -0.129. The summed E-state index contributed by atoms with van der Waals surface area (Å²) in [5.74, 6) is 1.83. The molecule has 0 radical (unpaired) electrons. The van der Waals surface area contributed by atoms with E-state index >= 15 is 0 Å². The van der Waals surface area contributed by atoms with Crippen LogP contribution >= 0.6 is 0 Å². The van der Waals surface area contributed by atoms with Crippen LogP contribution in [0.3, 0.4) is 0 Å². The predicted molar refractivity (Wildman–Crippen MR) is 132 cm³/mol. The minimum atomic E-state index is -0.485. The summed E-state index contributed by atoms with van der Waals surface area (Å²) >= 11 is 0. The Bertz CT molecular complexity index is 1210. The van der Waals surface area contributed by atoms with E-state index < -0.39 is 5.97 Å². The largest absolute Gasteiger partial charge is 0.490 e. The van der Waals surface area contributed by atoms with Gasteiger partial charge in [0, 0.05) is 5.56 Å². The zero-order valence-corrected chi connectivity index (χ0v) is 19.5. The summed E-state index contributed by atoms with van der Waals surface area (Å²) in [6.45, 7) is 7.24. The number of carbonyl (C=O) groups excluding carboxylic acids is 1. The third kappa shape index (κ3) is 5.84. The first-order valence-electron chi connectivity index (χ1n) is 11.2. The summed E-state index contributed by atoms with van der Waals surface area (Å²) in [6, 6.07) is 20.9. The molecule has 0 fully saturated rings. The molecule has 0 N–H and O–H groups in total. The van der Waals surface area contributed by atoms with Crippen LogP contribution in [0.25, 0.3) is 6.08 Å². The Morgan fingerprint density at radius 2 is 1.59 bits per heavy atom. The van der Waals surface area contributed by atoms with E-state index in [9.17, 15) is 4.79 Å². The van der Waals surface area contributed by atoms with E-state index in [1.54, 1.807) is 6.08 Å². The number of carbonyl (C=O) groups is 1. The fourth-order valence-electron chi connectivity index (χ4n) is 3.60. The minimum absolute atomic E-state index is 0.233. The summed E-state index contributed by atoms with van der Waals surface area (Å²) in [4.78, 5) is 16.7. The molecule has 6 nitrogen and oxygen atoms in total. The molecule has 0 aromatic heterocycles. The van der Waals surface area contributed by atoms with Crippen molar-refractivity contribution in [3.05, 3.63) is 94.7 Å². The number of ether oxygens (including phenoxy) is 4. The van der Waals surface area contributed by atoms with Crippen LogP contribution in [0.1, 0.15) is 29.2 Å². The maximum Gasteiger partial charge on any atom is 0.363 e. The molecular weight excluding hydrogens is 430 g/mol. The average Bonchev–Trinajstić information content (AvgIpc) is 3.18. The van der Waals surface area contributed by atoms with Crippen LogP contribution in [0.4, 0.5) is 0 Å². The normalized spacial score (nSPS) is 14.0. The van der Waals surface area contributed by atoms with Gasteiger partial charge in [0.1, 0.15) is 19.0 Å². The highest BCUT2D eigenvalue weighted by molar-refractivity contribution is 6.12. The van der Waals surface area contributed by atoms with Gasteiger partial charge in [-0.3, -0.25) is 0 Å². The molecule has 174 valence electrons. The SMILES string of the molecule is CCOc1cc(/C=C2\N=C(c3ccccc3)OC2=O)ccc1OCCOc1cc(C)cc(C)c1. The number of benzene rings is 3. The fraction of sp³-hybridized carbons (Fsp3) is 0.214. The van der Waals surface area contributed by atoms with Crippen LogP contribution in [-0.4, -0.2) is 31.7 Å². The summed E-state index contributed by atoms with van der Waals surface area (Å²) < 4.78 is 22.8. The van der Waals surface area contributed by atoms with Crippen LogP contribution < -0.4 is 14.2 Å². The maximum absolute atomic E-state index is 12.3. The molecule has 34 heavy (non-hydrogen) atoms. The molecule has 0 spiro atoms. The molecule has 0 unspecified atom stereocenters. The summed E-state index contributed by atoms with van der Waals surface area (Å²) in [7, 11) is 0. The number of aryl methyl sites for hydroxylation is 2. The Labute approximate surface area is 199 Å². The molecule has 1 aliphatic rings. The van der Waals surface area contributed by atoms with Crippen molar-refractivity contribution in [1.29, 1.82) is 0 Å². The maximum atomic E-state index is 12.3. The van der Waals surface area contributed by atoms with Crippen LogP contribution in [0.5, 0.6) is 17.2 Å². The summed E-state index contributed by atoms with van der Waals surface area (Å²) in [5, 5.41) is 0. The number of hydrogen-bond donors (Lipinski definition) is 0. The average molecular weight is 458 g/mol. The topological polar surface area (TPSA) is 66.4 Å². The Hall–Kier alpha value is -4.06. The zero-order chi connectivity index (χ0) is 23.9. The van der Waals surface area contributed by atoms with Gasteiger partial charge in [-0.15, -0.1) is 0 Å². The van der Waals surface area contributed by atoms with Gasteiger partial charge in [-0.2, -0.15) is 0 Å². The van der Waals surface area contributed by atoms with E-state index in [1.165, 1.54) is 0 Å². The van der Waals surface area contributed by atoms with Gasteiger partial charge in [0.2, 0.25) is 5.90 Å². The molecule has 0 atom stereocenters. The van der Waals surface area contributed by atoms with Gasteiger partial charge in [0.15, 0.2) is 17.2 Å². The number of esters is 1. The molecule has 0 saturated carbocycles. The van der Waals surface area contributed by atoms with Crippen LogP contribution in [0.15, 0.2) is 77.4 Å². The Morgan fingerprint density at radius 3 is 2.32 bits per heavy atom. The van der Waals surface area contributed by atoms with E-state index in [0.717, 1.165) is 28.0 Å². The molecule has 4 rings (SSSR count).